The third-order valence-electron chi connectivity index (χ3n) is 2.38. The van der Waals surface area contributed by atoms with Gasteiger partial charge in [0.2, 0.25) is 0 Å². The van der Waals surface area contributed by atoms with Crippen molar-refractivity contribution in [1.82, 2.24) is 0 Å². The monoisotopic (exact) mass is 347 g/mol. The van der Waals surface area contributed by atoms with Gasteiger partial charge in [0.15, 0.2) is 0 Å². The van der Waals surface area contributed by atoms with Gasteiger partial charge in [0.25, 0.3) is 10.0 Å². The highest BCUT2D eigenvalue weighted by Gasteiger charge is 2.11. The van der Waals surface area contributed by atoms with Crippen LogP contribution in [0.4, 0.5) is 0 Å². The summed E-state index contributed by atoms with van der Waals surface area (Å²) in [4.78, 5) is 0.0290. The van der Waals surface area contributed by atoms with E-state index in [1.165, 1.54) is 24.4 Å². The zero-order valence-corrected chi connectivity index (χ0v) is 13.0. The number of rotatable bonds is 3. The average molecular weight is 349 g/mol. The van der Waals surface area contributed by atoms with Gasteiger partial charge in [0.05, 0.1) is 14.9 Å². The van der Waals surface area contributed by atoms with Crippen LogP contribution in [0, 0.1) is 0 Å². The Morgan fingerprint density at radius 2 is 1.70 bits per heavy atom. The lowest BCUT2D eigenvalue weighted by molar-refractivity contribution is 0.598. The summed E-state index contributed by atoms with van der Waals surface area (Å²) in [5, 5.41) is 1.05. The SMILES string of the molecule is O=S(=O)(N=Cc1ccc(Cl)c(Cl)c1)c1cccc(Cl)c1. The van der Waals surface area contributed by atoms with E-state index >= 15 is 0 Å². The Morgan fingerprint density at radius 3 is 2.35 bits per heavy atom. The molecule has 0 saturated heterocycles. The van der Waals surface area contributed by atoms with E-state index in [0.717, 1.165) is 0 Å². The minimum absolute atomic E-state index is 0.0290. The zero-order chi connectivity index (χ0) is 14.8. The molecule has 0 aliphatic heterocycles. The normalized spacial score (nSPS) is 11.9. The minimum Gasteiger partial charge on any atom is -0.199 e. The summed E-state index contributed by atoms with van der Waals surface area (Å²) in [7, 11) is -3.80. The highest BCUT2D eigenvalue weighted by Crippen LogP contribution is 2.22. The van der Waals surface area contributed by atoms with E-state index in [4.69, 9.17) is 34.8 Å². The number of benzene rings is 2. The molecule has 0 aliphatic carbocycles. The van der Waals surface area contributed by atoms with Gasteiger partial charge in [-0.15, -0.1) is 0 Å². The predicted molar refractivity (Wildman–Crippen MR) is 82.7 cm³/mol. The predicted octanol–water partition coefficient (Wildman–Crippen LogP) is 4.45. The van der Waals surface area contributed by atoms with E-state index in [9.17, 15) is 8.42 Å². The summed E-state index contributed by atoms with van der Waals surface area (Å²) >= 11 is 17.4. The van der Waals surface area contributed by atoms with Crippen molar-refractivity contribution in [2.24, 2.45) is 4.40 Å². The second kappa shape index (κ2) is 6.14. The van der Waals surface area contributed by atoms with Crippen LogP contribution >= 0.6 is 34.8 Å². The van der Waals surface area contributed by atoms with Crippen molar-refractivity contribution in [1.29, 1.82) is 0 Å². The lowest BCUT2D eigenvalue weighted by Gasteiger charge is -2.00. The molecule has 0 radical (unpaired) electrons. The van der Waals surface area contributed by atoms with Gasteiger partial charge in [0, 0.05) is 11.2 Å². The van der Waals surface area contributed by atoms with Gasteiger partial charge in [-0.25, -0.2) is 0 Å². The summed E-state index contributed by atoms with van der Waals surface area (Å²) < 4.78 is 27.6. The fourth-order valence-corrected chi connectivity index (χ4v) is 2.88. The highest BCUT2D eigenvalue weighted by atomic mass is 35.5. The van der Waals surface area contributed by atoms with Crippen LogP contribution in [0.15, 0.2) is 51.8 Å². The van der Waals surface area contributed by atoms with Crippen LogP contribution in [0.1, 0.15) is 5.56 Å². The molecule has 0 aromatic heterocycles. The fourth-order valence-electron chi connectivity index (χ4n) is 1.41. The highest BCUT2D eigenvalue weighted by molar-refractivity contribution is 7.90. The van der Waals surface area contributed by atoms with Crippen molar-refractivity contribution in [3.8, 4) is 0 Å². The molecule has 2 rings (SSSR count). The van der Waals surface area contributed by atoms with Crippen molar-refractivity contribution in [2.75, 3.05) is 0 Å². The molecule has 2 aromatic carbocycles. The first-order valence-corrected chi connectivity index (χ1v) is 7.97. The standard InChI is InChI=1S/C13H8Cl3NO2S/c14-10-2-1-3-11(7-10)20(18,19)17-8-9-4-5-12(15)13(16)6-9/h1-8H. The van der Waals surface area contributed by atoms with E-state index in [1.54, 1.807) is 24.3 Å². The number of hydrogen-bond donors (Lipinski definition) is 0. The molecule has 104 valence electrons. The molecular formula is C13H8Cl3NO2S. The Hall–Kier alpha value is -1.07. The van der Waals surface area contributed by atoms with E-state index in [1.807, 2.05) is 0 Å². The van der Waals surface area contributed by atoms with Gasteiger partial charge >= 0.3 is 0 Å². The van der Waals surface area contributed by atoms with Crippen LogP contribution in [-0.4, -0.2) is 14.6 Å². The van der Waals surface area contributed by atoms with Crippen LogP contribution in [-0.2, 0) is 10.0 Å². The second-order valence-electron chi connectivity index (χ2n) is 3.84. The molecule has 0 heterocycles. The van der Waals surface area contributed by atoms with E-state index < -0.39 is 10.0 Å². The zero-order valence-electron chi connectivity index (χ0n) is 9.92. The molecule has 0 saturated carbocycles. The average Bonchev–Trinajstić information content (AvgIpc) is 2.40. The second-order valence-corrected chi connectivity index (χ2v) is 6.72. The maximum absolute atomic E-state index is 12.0. The van der Waals surface area contributed by atoms with Crippen LogP contribution in [0.25, 0.3) is 0 Å². The van der Waals surface area contributed by atoms with Crippen molar-refractivity contribution in [3.63, 3.8) is 0 Å². The van der Waals surface area contributed by atoms with Crippen LogP contribution < -0.4 is 0 Å². The third-order valence-corrected chi connectivity index (χ3v) is 4.58. The maximum atomic E-state index is 12.0. The molecule has 20 heavy (non-hydrogen) atoms. The van der Waals surface area contributed by atoms with Crippen LogP contribution in [0.2, 0.25) is 15.1 Å². The van der Waals surface area contributed by atoms with Crippen molar-refractivity contribution in [2.45, 2.75) is 4.90 Å². The molecule has 0 amide bonds. The Labute approximate surface area is 131 Å². The van der Waals surface area contributed by atoms with E-state index in [0.29, 0.717) is 20.6 Å². The van der Waals surface area contributed by atoms with Gasteiger partial charge in [-0.1, -0.05) is 46.9 Å². The summed E-state index contributed by atoms with van der Waals surface area (Å²) in [6, 6.07) is 10.6. The smallest absolute Gasteiger partial charge is 0.199 e. The Balaban J connectivity index is 2.32. The lowest BCUT2D eigenvalue weighted by Crippen LogP contribution is -1.97. The van der Waals surface area contributed by atoms with Gasteiger partial charge < -0.3 is 0 Å². The topological polar surface area (TPSA) is 46.5 Å². The van der Waals surface area contributed by atoms with Gasteiger partial charge in [-0.2, -0.15) is 12.8 Å². The number of sulfonamides is 1. The molecule has 0 atom stereocenters. The largest absolute Gasteiger partial charge is 0.282 e. The fraction of sp³-hybridized carbons (Fsp3) is 0. The molecule has 0 unspecified atom stereocenters. The van der Waals surface area contributed by atoms with Crippen molar-refractivity contribution < 1.29 is 8.42 Å². The molecule has 0 spiro atoms. The summed E-state index contributed by atoms with van der Waals surface area (Å²) in [5.74, 6) is 0. The van der Waals surface area contributed by atoms with E-state index in [-0.39, 0.29) is 4.90 Å². The van der Waals surface area contributed by atoms with Gasteiger partial charge in [0.1, 0.15) is 0 Å². The Morgan fingerprint density at radius 1 is 0.950 bits per heavy atom. The summed E-state index contributed by atoms with van der Waals surface area (Å²) in [6.07, 6.45) is 1.21. The molecule has 0 fully saturated rings. The van der Waals surface area contributed by atoms with Crippen molar-refractivity contribution in [3.05, 3.63) is 63.1 Å². The minimum atomic E-state index is -3.80. The molecule has 0 aliphatic rings. The van der Waals surface area contributed by atoms with E-state index in [2.05, 4.69) is 4.40 Å². The van der Waals surface area contributed by atoms with Gasteiger partial charge in [-0.3, -0.25) is 0 Å². The number of nitrogens with zero attached hydrogens (tertiary/aromatic N) is 1. The molecule has 2 aromatic rings. The molecule has 7 heteroatoms. The summed E-state index contributed by atoms with van der Waals surface area (Å²) in [5.41, 5.74) is 0.532. The van der Waals surface area contributed by atoms with Crippen molar-refractivity contribution >= 4 is 51.0 Å². The molecule has 3 nitrogen and oxygen atoms in total. The third kappa shape index (κ3) is 3.73. The first-order chi connectivity index (χ1) is 9.38. The summed E-state index contributed by atoms with van der Waals surface area (Å²) in [6.45, 7) is 0. The molecular weight excluding hydrogens is 341 g/mol. The first-order valence-electron chi connectivity index (χ1n) is 5.39. The molecule has 0 N–H and O–H groups in total. The molecule has 0 bridgehead atoms. The number of halogens is 3. The Bertz CT molecular complexity index is 773. The quantitative estimate of drug-likeness (QED) is 0.769. The van der Waals surface area contributed by atoms with Crippen LogP contribution in [0.5, 0.6) is 0 Å². The lowest BCUT2D eigenvalue weighted by atomic mass is 10.2. The Kier molecular flexibility index (Phi) is 4.70. The van der Waals surface area contributed by atoms with Gasteiger partial charge in [-0.05, 0) is 35.9 Å². The number of hydrogen-bond acceptors (Lipinski definition) is 2. The first kappa shape index (κ1) is 15.3. The van der Waals surface area contributed by atoms with Crippen LogP contribution in [0.3, 0.4) is 0 Å². The maximum Gasteiger partial charge on any atom is 0.282 e.